The van der Waals surface area contributed by atoms with E-state index in [1.807, 2.05) is 0 Å². The van der Waals surface area contributed by atoms with Gasteiger partial charge in [0.25, 0.3) is 0 Å². The second-order valence-electron chi connectivity index (χ2n) is 19.3. The van der Waals surface area contributed by atoms with Crippen LogP contribution < -0.4 is 15.5 Å². The molecular formula is C67H47NO. The van der Waals surface area contributed by atoms with Crippen molar-refractivity contribution in [1.82, 2.24) is 0 Å². The molecule has 0 amide bonds. The van der Waals surface area contributed by atoms with Gasteiger partial charge in [0.2, 0.25) is 0 Å². The van der Waals surface area contributed by atoms with Crippen LogP contribution in [0.15, 0.2) is 229 Å². The molecule has 1 aromatic heterocycles. The molecule has 3 unspecified atom stereocenters. The fourth-order valence-electron chi connectivity index (χ4n) is 12.0. The summed E-state index contributed by atoms with van der Waals surface area (Å²) in [4.78, 5) is 2.54. The van der Waals surface area contributed by atoms with Gasteiger partial charge in [-0.25, -0.2) is 0 Å². The van der Waals surface area contributed by atoms with Crippen molar-refractivity contribution in [2.75, 3.05) is 4.90 Å². The zero-order valence-corrected chi connectivity index (χ0v) is 38.5. The molecule has 3 atom stereocenters. The van der Waals surface area contributed by atoms with Crippen LogP contribution in [0.2, 0.25) is 0 Å². The lowest BCUT2D eigenvalue weighted by Crippen LogP contribution is -2.28. The smallest absolute Gasteiger partial charge is 0.135 e. The molecule has 1 heterocycles. The van der Waals surface area contributed by atoms with Crippen LogP contribution in [0.1, 0.15) is 42.0 Å². The third-order valence-electron chi connectivity index (χ3n) is 15.5. The summed E-state index contributed by atoms with van der Waals surface area (Å²) in [6.45, 7) is 4.71. The van der Waals surface area contributed by atoms with Crippen molar-refractivity contribution in [2.45, 2.75) is 25.2 Å². The average Bonchev–Trinajstić information content (AvgIpc) is 3.81. The maximum absolute atomic E-state index is 6.33. The van der Waals surface area contributed by atoms with E-state index < -0.39 is 0 Å². The second kappa shape index (κ2) is 15.3. The van der Waals surface area contributed by atoms with Gasteiger partial charge >= 0.3 is 0 Å². The number of hydrogen-bond acceptors (Lipinski definition) is 2. The molecule has 326 valence electrons. The Balaban J connectivity index is 0.968. The molecule has 0 aliphatic heterocycles. The molecule has 9 aromatic carbocycles. The molecule has 0 radical (unpaired) electrons. The summed E-state index contributed by atoms with van der Waals surface area (Å²) in [7, 11) is 0. The molecule has 0 saturated carbocycles. The summed E-state index contributed by atoms with van der Waals surface area (Å²) in [5.74, 6) is 0.474. The van der Waals surface area contributed by atoms with Gasteiger partial charge in [0.1, 0.15) is 11.0 Å². The number of benzene rings is 10. The first-order valence-corrected chi connectivity index (χ1v) is 24.3. The normalized spacial score (nSPS) is 17.1. The monoisotopic (exact) mass is 881 g/mol. The van der Waals surface area contributed by atoms with Crippen LogP contribution >= 0.6 is 0 Å². The minimum atomic E-state index is -0.313. The van der Waals surface area contributed by atoms with Crippen molar-refractivity contribution in [3.8, 4) is 55.6 Å². The number of nitrogens with zero attached hydrogens (tertiary/aromatic N) is 1. The van der Waals surface area contributed by atoms with Crippen LogP contribution in [-0.2, 0) is 5.41 Å². The van der Waals surface area contributed by atoms with E-state index in [2.05, 4.69) is 255 Å². The molecule has 4 aliphatic rings. The zero-order chi connectivity index (χ0) is 45.8. The molecule has 14 rings (SSSR count). The highest BCUT2D eigenvalue weighted by molar-refractivity contribution is 6.16. The lowest BCUT2D eigenvalue weighted by Gasteiger charge is -2.31. The topological polar surface area (TPSA) is 16.4 Å². The van der Waals surface area contributed by atoms with Crippen molar-refractivity contribution < 1.29 is 4.42 Å². The Bertz CT molecular complexity index is 3990. The number of hydrogen-bond donors (Lipinski definition) is 0. The van der Waals surface area contributed by atoms with E-state index in [4.69, 9.17) is 4.42 Å². The van der Waals surface area contributed by atoms with Crippen LogP contribution in [0.25, 0.3) is 89.5 Å². The Morgan fingerprint density at radius 2 is 1.14 bits per heavy atom. The lowest BCUT2D eigenvalue weighted by atomic mass is 9.74. The SMILES string of the molecule is CC1C=c2oc3ccccc3c2=CC1c1ccc(N(c2ccccc2-c2ccc3c(c2)C(C)(c2ccccc2)c2ccccc2-3)c2cc3cc-3c2-c2cccc3cccc(-c4ccccc4)c23)cc1. The Morgan fingerprint density at radius 3 is 1.97 bits per heavy atom. The van der Waals surface area contributed by atoms with Crippen LogP contribution in [0, 0.1) is 5.92 Å². The van der Waals surface area contributed by atoms with Gasteiger partial charge in [-0.15, -0.1) is 0 Å². The van der Waals surface area contributed by atoms with Crippen molar-refractivity contribution >= 4 is 51.0 Å². The summed E-state index contributed by atoms with van der Waals surface area (Å²) < 4.78 is 6.33. The molecule has 2 heteroatoms. The Hall–Kier alpha value is -8.46. The van der Waals surface area contributed by atoms with Gasteiger partial charge in [-0.2, -0.15) is 0 Å². The molecule has 4 aliphatic carbocycles. The highest BCUT2D eigenvalue weighted by Gasteiger charge is 2.41. The van der Waals surface area contributed by atoms with E-state index >= 15 is 0 Å². The Kier molecular flexibility index (Phi) is 8.79. The summed E-state index contributed by atoms with van der Waals surface area (Å²) in [6, 6.07) is 83.2. The first kappa shape index (κ1) is 39.7. The van der Waals surface area contributed by atoms with Gasteiger partial charge in [-0.05, 0) is 139 Å². The van der Waals surface area contributed by atoms with Gasteiger partial charge in [0, 0.05) is 38.8 Å². The first-order chi connectivity index (χ1) is 34.0. The molecular weight excluding hydrogens is 835 g/mol. The molecule has 2 nitrogen and oxygen atoms in total. The third-order valence-corrected chi connectivity index (χ3v) is 15.5. The predicted octanol–water partition coefficient (Wildman–Crippen LogP) is 16.4. The van der Waals surface area contributed by atoms with Crippen molar-refractivity contribution in [3.63, 3.8) is 0 Å². The number of rotatable bonds is 8. The van der Waals surface area contributed by atoms with E-state index in [9.17, 15) is 0 Å². The van der Waals surface area contributed by atoms with Gasteiger partial charge in [0.05, 0.1) is 11.4 Å². The van der Waals surface area contributed by atoms with E-state index in [-0.39, 0.29) is 17.3 Å². The van der Waals surface area contributed by atoms with Gasteiger partial charge < -0.3 is 9.32 Å². The van der Waals surface area contributed by atoms with Gasteiger partial charge in [-0.1, -0.05) is 195 Å². The summed E-state index contributed by atoms with van der Waals surface area (Å²) >= 11 is 0. The second-order valence-corrected chi connectivity index (χ2v) is 19.3. The van der Waals surface area contributed by atoms with E-state index in [1.54, 1.807) is 0 Å². The number of furan rings is 1. The Labute approximate surface area is 402 Å². The molecule has 0 spiro atoms. The number of para-hydroxylation sites is 2. The highest BCUT2D eigenvalue weighted by Crippen LogP contribution is 2.58. The summed E-state index contributed by atoms with van der Waals surface area (Å²) in [6.07, 6.45) is 4.74. The first-order valence-electron chi connectivity index (χ1n) is 24.3. The quantitative estimate of drug-likeness (QED) is 0.151. The molecule has 69 heavy (non-hydrogen) atoms. The molecule has 0 fully saturated rings. The van der Waals surface area contributed by atoms with Crippen LogP contribution in [-0.4, -0.2) is 0 Å². The molecule has 0 saturated heterocycles. The third kappa shape index (κ3) is 6.12. The van der Waals surface area contributed by atoms with E-state index in [1.165, 1.54) is 105 Å². The summed E-state index contributed by atoms with van der Waals surface area (Å²) in [5.41, 5.74) is 22.9. The largest absolute Gasteiger partial charge is 0.456 e. The minimum absolute atomic E-state index is 0.205. The fourth-order valence-corrected chi connectivity index (χ4v) is 12.0. The van der Waals surface area contributed by atoms with Gasteiger partial charge in [-0.3, -0.25) is 0 Å². The van der Waals surface area contributed by atoms with Gasteiger partial charge in [0.15, 0.2) is 0 Å². The maximum Gasteiger partial charge on any atom is 0.135 e. The standard InChI is InChI=1S/C67H47NO/c1-42-37-64-58(54-25-11-14-30-63(54)69-64)41-56(42)44-31-34-49(35-32-44)68(62-40-47-38-57(47)66(62)55-27-16-20-45-19-15-26-51(65(45)55)43-17-5-3-6-18-43)61-29-13-10-23-50(61)46-33-36-53-52-24-9-12-28-59(52)67(2,60(53)39-46)48-21-7-4-8-22-48/h3-42,56H,1-2H3. The van der Waals surface area contributed by atoms with Crippen LogP contribution in [0.5, 0.6) is 0 Å². The Morgan fingerprint density at radius 1 is 0.464 bits per heavy atom. The van der Waals surface area contributed by atoms with Crippen molar-refractivity contribution in [3.05, 3.63) is 257 Å². The minimum Gasteiger partial charge on any atom is -0.456 e. The van der Waals surface area contributed by atoms with E-state index in [0.29, 0.717) is 0 Å². The molecule has 0 N–H and O–H groups in total. The van der Waals surface area contributed by atoms with Crippen molar-refractivity contribution in [2.24, 2.45) is 5.92 Å². The zero-order valence-electron chi connectivity index (χ0n) is 38.5. The van der Waals surface area contributed by atoms with Crippen molar-refractivity contribution in [1.29, 1.82) is 0 Å². The molecule has 0 bridgehead atoms. The maximum atomic E-state index is 6.33. The molecule has 10 aromatic rings. The average molecular weight is 882 g/mol. The van der Waals surface area contributed by atoms with E-state index in [0.717, 1.165) is 22.4 Å². The number of fused-ring (bicyclic) bond motifs is 8. The van der Waals surface area contributed by atoms with Crippen LogP contribution in [0.3, 0.4) is 0 Å². The highest BCUT2D eigenvalue weighted by atomic mass is 16.3. The number of anilines is 3. The predicted molar refractivity (Wildman–Crippen MR) is 288 cm³/mol. The fraction of sp³-hybridized carbons (Fsp3) is 0.0746. The lowest BCUT2D eigenvalue weighted by molar-refractivity contribution is 0.558. The van der Waals surface area contributed by atoms with Crippen LogP contribution in [0.4, 0.5) is 17.1 Å². The summed E-state index contributed by atoms with van der Waals surface area (Å²) in [5, 5.41) is 4.87.